The van der Waals surface area contributed by atoms with Crippen molar-refractivity contribution in [3.63, 3.8) is 0 Å². The maximum absolute atomic E-state index is 12.6. The topological polar surface area (TPSA) is 94.9 Å². The molecule has 2 aromatic rings. The third-order valence-corrected chi connectivity index (χ3v) is 4.17. The zero-order chi connectivity index (χ0) is 17.4. The summed E-state index contributed by atoms with van der Waals surface area (Å²) in [5.41, 5.74) is 0.727. The number of aliphatic hydroxyl groups is 1. The minimum absolute atomic E-state index is 0.0482. The molecule has 6 heteroatoms. The molecule has 0 saturated carbocycles. The predicted octanol–water partition coefficient (Wildman–Crippen LogP) is 2.10. The van der Waals surface area contributed by atoms with Gasteiger partial charge < -0.3 is 10.2 Å². The molecule has 0 radical (unpaired) electrons. The number of fused-ring (bicyclic) bond motifs is 1. The van der Waals surface area contributed by atoms with E-state index in [0.717, 1.165) is 4.90 Å². The monoisotopic (exact) mass is 325 g/mol. The molecule has 6 nitrogen and oxygen atoms in total. The minimum Gasteiger partial charge on any atom is -0.478 e. The number of aromatic carboxylic acids is 1. The van der Waals surface area contributed by atoms with Crippen LogP contribution in [0.1, 0.15) is 49.7 Å². The van der Waals surface area contributed by atoms with Gasteiger partial charge in [-0.05, 0) is 30.7 Å². The highest BCUT2D eigenvalue weighted by molar-refractivity contribution is 6.22. The van der Waals surface area contributed by atoms with Crippen molar-refractivity contribution >= 4 is 17.8 Å². The van der Waals surface area contributed by atoms with Gasteiger partial charge in [0.2, 0.25) is 0 Å². The summed E-state index contributed by atoms with van der Waals surface area (Å²) in [4.78, 5) is 37.1. The van der Waals surface area contributed by atoms with Gasteiger partial charge in [-0.2, -0.15) is 0 Å². The lowest BCUT2D eigenvalue weighted by Crippen LogP contribution is -2.41. The van der Waals surface area contributed by atoms with E-state index < -0.39 is 29.9 Å². The number of imide groups is 1. The van der Waals surface area contributed by atoms with E-state index in [9.17, 15) is 19.5 Å². The number of carboxylic acids is 1. The standard InChI is InChI=1S/C18H15NO5/c1-10(15(20)11-5-3-2-4-6-11)19-16(21)13-8-7-12(18(23)24)9-14(13)17(19)22/h2-10,15,20H,1H3,(H,23,24). The molecule has 0 bridgehead atoms. The number of rotatable bonds is 4. The highest BCUT2D eigenvalue weighted by Gasteiger charge is 2.41. The van der Waals surface area contributed by atoms with Crippen molar-refractivity contribution in [3.8, 4) is 0 Å². The van der Waals surface area contributed by atoms with Crippen LogP contribution in [0, 0.1) is 0 Å². The largest absolute Gasteiger partial charge is 0.478 e. The molecule has 24 heavy (non-hydrogen) atoms. The Morgan fingerprint density at radius 1 is 1.00 bits per heavy atom. The summed E-state index contributed by atoms with van der Waals surface area (Å²) in [6.07, 6.45) is -1.03. The molecule has 2 unspecified atom stereocenters. The molecule has 0 aromatic heterocycles. The van der Waals surface area contributed by atoms with Crippen LogP contribution in [0.2, 0.25) is 0 Å². The molecule has 2 atom stereocenters. The van der Waals surface area contributed by atoms with E-state index in [4.69, 9.17) is 5.11 Å². The first-order valence-corrected chi connectivity index (χ1v) is 7.40. The lowest BCUT2D eigenvalue weighted by atomic mass is 10.0. The lowest BCUT2D eigenvalue weighted by molar-refractivity contribution is 0.0376. The van der Waals surface area contributed by atoms with Crippen molar-refractivity contribution in [3.05, 3.63) is 70.8 Å². The van der Waals surface area contributed by atoms with E-state index in [1.807, 2.05) is 0 Å². The van der Waals surface area contributed by atoms with Gasteiger partial charge in [0.05, 0.1) is 28.8 Å². The second kappa shape index (κ2) is 5.90. The number of amides is 2. The molecule has 1 aliphatic rings. The number of hydrogen-bond donors (Lipinski definition) is 2. The number of nitrogens with zero attached hydrogens (tertiary/aromatic N) is 1. The average Bonchev–Trinajstić information content (AvgIpc) is 2.85. The van der Waals surface area contributed by atoms with Crippen LogP contribution in [0.25, 0.3) is 0 Å². The number of benzene rings is 2. The summed E-state index contributed by atoms with van der Waals surface area (Å²) in [6.45, 7) is 1.58. The molecular weight excluding hydrogens is 310 g/mol. The van der Waals surface area contributed by atoms with Gasteiger partial charge in [0.25, 0.3) is 11.8 Å². The Labute approximate surface area is 138 Å². The van der Waals surface area contributed by atoms with Crippen LogP contribution >= 0.6 is 0 Å². The molecular formula is C18H15NO5. The zero-order valence-corrected chi connectivity index (χ0v) is 12.8. The number of aliphatic hydroxyl groups excluding tert-OH is 1. The average molecular weight is 325 g/mol. The third kappa shape index (κ3) is 2.47. The maximum Gasteiger partial charge on any atom is 0.335 e. The predicted molar refractivity (Wildman–Crippen MR) is 84.8 cm³/mol. The van der Waals surface area contributed by atoms with E-state index in [2.05, 4.69) is 0 Å². The molecule has 1 heterocycles. The fraction of sp³-hybridized carbons (Fsp3) is 0.167. The summed E-state index contributed by atoms with van der Waals surface area (Å²) in [5.74, 6) is -2.30. The maximum atomic E-state index is 12.6. The molecule has 0 fully saturated rings. The second-order valence-corrected chi connectivity index (χ2v) is 5.64. The van der Waals surface area contributed by atoms with Gasteiger partial charge in [0.1, 0.15) is 0 Å². The zero-order valence-electron chi connectivity index (χ0n) is 12.8. The van der Waals surface area contributed by atoms with Crippen molar-refractivity contribution in [1.82, 2.24) is 4.90 Å². The molecule has 2 aromatic carbocycles. The van der Waals surface area contributed by atoms with Gasteiger partial charge in [0, 0.05) is 0 Å². The van der Waals surface area contributed by atoms with Crippen molar-refractivity contribution in [2.45, 2.75) is 19.1 Å². The number of carbonyl (C=O) groups excluding carboxylic acids is 2. The summed E-state index contributed by atoms with van der Waals surface area (Å²) in [5, 5.41) is 19.5. The summed E-state index contributed by atoms with van der Waals surface area (Å²) in [7, 11) is 0. The van der Waals surface area contributed by atoms with Gasteiger partial charge >= 0.3 is 5.97 Å². The van der Waals surface area contributed by atoms with E-state index in [1.54, 1.807) is 37.3 Å². The van der Waals surface area contributed by atoms with Gasteiger partial charge in [-0.15, -0.1) is 0 Å². The van der Waals surface area contributed by atoms with Crippen molar-refractivity contribution in [2.75, 3.05) is 0 Å². The van der Waals surface area contributed by atoms with Crippen LogP contribution in [0.4, 0.5) is 0 Å². The minimum atomic E-state index is -1.17. The van der Waals surface area contributed by atoms with Gasteiger partial charge in [-0.3, -0.25) is 14.5 Å². The van der Waals surface area contributed by atoms with Crippen LogP contribution in [0.15, 0.2) is 48.5 Å². The van der Waals surface area contributed by atoms with Crippen molar-refractivity contribution in [2.24, 2.45) is 0 Å². The smallest absolute Gasteiger partial charge is 0.335 e. The van der Waals surface area contributed by atoms with Crippen LogP contribution in [0.3, 0.4) is 0 Å². The van der Waals surface area contributed by atoms with Gasteiger partial charge in [-0.1, -0.05) is 30.3 Å². The summed E-state index contributed by atoms with van der Waals surface area (Å²) in [6, 6.07) is 11.8. The van der Waals surface area contributed by atoms with E-state index >= 15 is 0 Å². The van der Waals surface area contributed by atoms with E-state index in [0.29, 0.717) is 5.56 Å². The molecule has 0 spiro atoms. The molecule has 0 saturated heterocycles. The van der Waals surface area contributed by atoms with Crippen molar-refractivity contribution < 1.29 is 24.6 Å². The second-order valence-electron chi connectivity index (χ2n) is 5.64. The number of carboxylic acid groups (broad SMARTS) is 1. The first-order valence-electron chi connectivity index (χ1n) is 7.40. The Bertz CT molecular complexity index is 831. The third-order valence-electron chi connectivity index (χ3n) is 4.17. The summed E-state index contributed by atoms with van der Waals surface area (Å²) < 4.78 is 0. The van der Waals surface area contributed by atoms with Gasteiger partial charge in [-0.25, -0.2) is 4.79 Å². The molecule has 2 N–H and O–H groups in total. The first kappa shape index (κ1) is 15.9. The fourth-order valence-corrected chi connectivity index (χ4v) is 2.83. The Morgan fingerprint density at radius 2 is 1.62 bits per heavy atom. The van der Waals surface area contributed by atoms with Crippen LogP contribution in [-0.4, -0.2) is 38.9 Å². The molecule has 122 valence electrons. The highest BCUT2D eigenvalue weighted by atomic mass is 16.4. The van der Waals surface area contributed by atoms with E-state index in [-0.39, 0.29) is 16.7 Å². The van der Waals surface area contributed by atoms with Crippen LogP contribution in [0.5, 0.6) is 0 Å². The Balaban J connectivity index is 1.94. The quantitative estimate of drug-likeness (QED) is 0.840. The summed E-state index contributed by atoms with van der Waals surface area (Å²) >= 11 is 0. The molecule has 0 aliphatic carbocycles. The van der Waals surface area contributed by atoms with Gasteiger partial charge in [0.15, 0.2) is 0 Å². The van der Waals surface area contributed by atoms with Crippen LogP contribution in [-0.2, 0) is 0 Å². The Morgan fingerprint density at radius 3 is 2.25 bits per heavy atom. The molecule has 2 amide bonds. The number of carbonyl (C=O) groups is 3. The molecule has 3 rings (SSSR count). The Kier molecular flexibility index (Phi) is 3.91. The van der Waals surface area contributed by atoms with Crippen LogP contribution < -0.4 is 0 Å². The fourth-order valence-electron chi connectivity index (χ4n) is 2.83. The lowest BCUT2D eigenvalue weighted by Gasteiger charge is -2.27. The highest BCUT2D eigenvalue weighted by Crippen LogP contribution is 2.30. The Hall–Kier alpha value is -2.99. The van der Waals surface area contributed by atoms with Crippen molar-refractivity contribution in [1.29, 1.82) is 0 Å². The van der Waals surface area contributed by atoms with E-state index in [1.165, 1.54) is 18.2 Å². The first-order chi connectivity index (χ1) is 11.4. The SMILES string of the molecule is CC(C(O)c1ccccc1)N1C(=O)c2ccc(C(=O)O)cc2C1=O. The number of hydrogen-bond acceptors (Lipinski definition) is 4. The normalized spacial score (nSPS) is 16.0. The molecule has 1 aliphatic heterocycles.